The predicted octanol–water partition coefficient (Wildman–Crippen LogP) is 2.61. The van der Waals surface area contributed by atoms with Crippen molar-refractivity contribution in [2.24, 2.45) is 0 Å². The van der Waals surface area contributed by atoms with Gasteiger partial charge in [-0.05, 0) is 58.3 Å². The molecule has 0 N–H and O–H groups in total. The van der Waals surface area contributed by atoms with Gasteiger partial charge in [0.2, 0.25) is 0 Å². The SMILES string of the molecule is CCOC(=O)c1nnnn1CCCCOc1cc(F)ccc1Br. The van der Waals surface area contributed by atoms with Crippen LogP contribution in [0.15, 0.2) is 22.7 Å². The fourth-order valence-electron chi connectivity index (χ4n) is 1.83. The van der Waals surface area contributed by atoms with Gasteiger partial charge >= 0.3 is 5.97 Å². The number of rotatable bonds is 8. The van der Waals surface area contributed by atoms with Crippen molar-refractivity contribution in [3.05, 3.63) is 34.3 Å². The lowest BCUT2D eigenvalue weighted by Crippen LogP contribution is -2.15. The van der Waals surface area contributed by atoms with E-state index in [9.17, 15) is 9.18 Å². The van der Waals surface area contributed by atoms with E-state index >= 15 is 0 Å². The summed E-state index contributed by atoms with van der Waals surface area (Å²) in [6, 6.07) is 4.27. The summed E-state index contributed by atoms with van der Waals surface area (Å²) in [5.41, 5.74) is 0. The number of benzene rings is 1. The summed E-state index contributed by atoms with van der Waals surface area (Å²) < 4.78 is 25.6. The highest BCUT2D eigenvalue weighted by atomic mass is 79.9. The van der Waals surface area contributed by atoms with Crippen molar-refractivity contribution in [1.29, 1.82) is 0 Å². The molecule has 0 saturated heterocycles. The van der Waals surface area contributed by atoms with Crippen molar-refractivity contribution in [1.82, 2.24) is 20.2 Å². The first-order valence-electron chi connectivity index (χ1n) is 7.13. The minimum atomic E-state index is -0.544. The normalized spacial score (nSPS) is 10.6. The lowest BCUT2D eigenvalue weighted by Gasteiger charge is -2.08. The number of tetrazole rings is 1. The van der Waals surface area contributed by atoms with Crippen LogP contribution in [0, 0.1) is 5.82 Å². The Bertz CT molecular complexity index is 665. The maximum absolute atomic E-state index is 13.1. The third-order valence-electron chi connectivity index (χ3n) is 2.90. The van der Waals surface area contributed by atoms with Gasteiger partial charge in [0.25, 0.3) is 5.82 Å². The van der Waals surface area contributed by atoms with Gasteiger partial charge in [0.1, 0.15) is 11.6 Å². The van der Waals surface area contributed by atoms with Crippen molar-refractivity contribution in [3.63, 3.8) is 0 Å². The Hall–Kier alpha value is -2.03. The molecule has 0 spiro atoms. The average Bonchev–Trinajstić information content (AvgIpc) is 2.99. The zero-order valence-electron chi connectivity index (χ0n) is 12.5. The van der Waals surface area contributed by atoms with Gasteiger partial charge in [-0.15, -0.1) is 5.10 Å². The maximum atomic E-state index is 13.1. The molecule has 0 atom stereocenters. The van der Waals surface area contributed by atoms with Gasteiger partial charge in [0.05, 0.1) is 17.7 Å². The molecule has 0 aliphatic rings. The van der Waals surface area contributed by atoms with Crippen LogP contribution < -0.4 is 4.74 Å². The van der Waals surface area contributed by atoms with Crippen LogP contribution in [0.2, 0.25) is 0 Å². The number of unbranched alkanes of at least 4 members (excludes halogenated alkanes) is 1. The second kappa shape index (κ2) is 8.56. The lowest BCUT2D eigenvalue weighted by molar-refractivity contribution is 0.0504. The highest BCUT2D eigenvalue weighted by Crippen LogP contribution is 2.25. The highest BCUT2D eigenvalue weighted by molar-refractivity contribution is 9.10. The number of carbonyl (C=O) groups is 1. The first-order valence-corrected chi connectivity index (χ1v) is 7.92. The number of esters is 1. The van der Waals surface area contributed by atoms with Gasteiger partial charge in [-0.1, -0.05) is 0 Å². The summed E-state index contributed by atoms with van der Waals surface area (Å²) in [5.74, 6) is -0.353. The molecular formula is C14H16BrFN4O3. The Morgan fingerprint density at radius 3 is 3.00 bits per heavy atom. The van der Waals surface area contributed by atoms with Crippen LogP contribution in [0.4, 0.5) is 4.39 Å². The molecular weight excluding hydrogens is 371 g/mol. The number of halogens is 2. The predicted molar refractivity (Wildman–Crippen MR) is 82.6 cm³/mol. The molecule has 0 unspecified atom stereocenters. The molecule has 1 heterocycles. The minimum absolute atomic E-state index is 0.0839. The quantitative estimate of drug-likeness (QED) is 0.512. The molecule has 0 saturated carbocycles. The van der Waals surface area contributed by atoms with E-state index in [1.807, 2.05) is 0 Å². The third kappa shape index (κ3) is 4.98. The summed E-state index contributed by atoms with van der Waals surface area (Å²) in [6.07, 6.45) is 1.40. The van der Waals surface area contributed by atoms with Crippen LogP contribution in [0.25, 0.3) is 0 Å². The Morgan fingerprint density at radius 1 is 1.39 bits per heavy atom. The first kappa shape index (κ1) is 17.3. The van der Waals surface area contributed by atoms with Crippen LogP contribution in [-0.4, -0.2) is 39.4 Å². The molecule has 0 bridgehead atoms. The number of aromatic nitrogens is 4. The number of hydrogen-bond donors (Lipinski definition) is 0. The molecule has 124 valence electrons. The van der Waals surface area contributed by atoms with E-state index in [0.29, 0.717) is 36.2 Å². The van der Waals surface area contributed by atoms with Gasteiger partial charge < -0.3 is 9.47 Å². The molecule has 0 fully saturated rings. The minimum Gasteiger partial charge on any atom is -0.492 e. The monoisotopic (exact) mass is 386 g/mol. The summed E-state index contributed by atoms with van der Waals surface area (Å²) >= 11 is 3.30. The van der Waals surface area contributed by atoms with E-state index < -0.39 is 5.97 Å². The number of ether oxygens (including phenoxy) is 2. The molecule has 2 aromatic rings. The van der Waals surface area contributed by atoms with Crippen LogP contribution >= 0.6 is 15.9 Å². The van der Waals surface area contributed by atoms with Crippen molar-refractivity contribution >= 4 is 21.9 Å². The number of carbonyl (C=O) groups excluding carboxylic acids is 1. The summed E-state index contributed by atoms with van der Waals surface area (Å²) in [5, 5.41) is 10.9. The molecule has 2 rings (SSSR count). The molecule has 1 aromatic carbocycles. The van der Waals surface area contributed by atoms with Gasteiger partial charge in [-0.25, -0.2) is 13.9 Å². The summed E-state index contributed by atoms with van der Waals surface area (Å²) in [7, 11) is 0. The van der Waals surface area contributed by atoms with E-state index in [4.69, 9.17) is 9.47 Å². The topological polar surface area (TPSA) is 79.1 Å². The van der Waals surface area contributed by atoms with E-state index in [2.05, 4.69) is 31.5 Å². The van der Waals surface area contributed by atoms with E-state index in [1.165, 1.54) is 16.8 Å². The second-order valence-corrected chi connectivity index (χ2v) is 5.43. The average molecular weight is 387 g/mol. The Morgan fingerprint density at radius 2 is 2.22 bits per heavy atom. The van der Waals surface area contributed by atoms with Crippen molar-refractivity contribution in [3.8, 4) is 5.75 Å². The standard InChI is InChI=1S/C14H16BrFN4O3/c1-2-22-14(21)13-17-18-19-20(13)7-3-4-8-23-12-9-10(16)5-6-11(12)15/h5-6,9H,2-4,7-8H2,1H3. The lowest BCUT2D eigenvalue weighted by atomic mass is 10.3. The van der Waals surface area contributed by atoms with E-state index in [-0.39, 0.29) is 18.2 Å². The van der Waals surface area contributed by atoms with Gasteiger partial charge in [0.15, 0.2) is 0 Å². The van der Waals surface area contributed by atoms with Crippen molar-refractivity contribution in [2.45, 2.75) is 26.3 Å². The Kier molecular flexibility index (Phi) is 6.45. The molecule has 23 heavy (non-hydrogen) atoms. The van der Waals surface area contributed by atoms with Crippen LogP contribution in [-0.2, 0) is 11.3 Å². The number of aryl methyl sites for hydroxylation is 1. The molecule has 7 nitrogen and oxygen atoms in total. The molecule has 0 aliphatic heterocycles. The molecule has 0 radical (unpaired) electrons. The van der Waals surface area contributed by atoms with Crippen molar-refractivity contribution in [2.75, 3.05) is 13.2 Å². The Labute approximate surface area is 140 Å². The van der Waals surface area contributed by atoms with Gasteiger partial charge in [-0.2, -0.15) is 0 Å². The summed E-state index contributed by atoms with van der Waals surface area (Å²) in [6.45, 7) is 2.86. The fourth-order valence-corrected chi connectivity index (χ4v) is 2.19. The largest absolute Gasteiger partial charge is 0.492 e. The van der Waals surface area contributed by atoms with E-state index in [1.54, 1.807) is 13.0 Å². The van der Waals surface area contributed by atoms with Gasteiger partial charge in [-0.3, -0.25) is 0 Å². The Balaban J connectivity index is 1.77. The molecule has 1 aromatic heterocycles. The van der Waals surface area contributed by atoms with Crippen LogP contribution in [0.5, 0.6) is 5.75 Å². The fraction of sp³-hybridized carbons (Fsp3) is 0.429. The maximum Gasteiger partial charge on any atom is 0.378 e. The first-order chi connectivity index (χ1) is 11.1. The highest BCUT2D eigenvalue weighted by Gasteiger charge is 2.16. The van der Waals surface area contributed by atoms with Crippen LogP contribution in [0.3, 0.4) is 0 Å². The van der Waals surface area contributed by atoms with Gasteiger partial charge in [0, 0.05) is 12.6 Å². The smallest absolute Gasteiger partial charge is 0.378 e. The zero-order valence-corrected chi connectivity index (χ0v) is 14.1. The molecule has 9 heteroatoms. The third-order valence-corrected chi connectivity index (χ3v) is 3.56. The molecule has 0 amide bonds. The zero-order chi connectivity index (χ0) is 16.7. The van der Waals surface area contributed by atoms with Crippen molar-refractivity contribution < 1.29 is 18.7 Å². The second-order valence-electron chi connectivity index (χ2n) is 4.58. The van der Waals surface area contributed by atoms with Crippen LogP contribution in [0.1, 0.15) is 30.4 Å². The molecule has 0 aliphatic carbocycles. The summed E-state index contributed by atoms with van der Waals surface area (Å²) in [4.78, 5) is 11.6. The van der Waals surface area contributed by atoms with E-state index in [0.717, 1.165) is 0 Å². The number of hydrogen-bond acceptors (Lipinski definition) is 6. The number of nitrogens with zero attached hydrogens (tertiary/aromatic N) is 4.